The number of rotatable bonds is 9. The summed E-state index contributed by atoms with van der Waals surface area (Å²) >= 11 is 1.28. The minimum absolute atomic E-state index is 0.127. The fourth-order valence-electron chi connectivity index (χ4n) is 3.39. The van der Waals surface area contributed by atoms with Crippen LogP contribution in [0.2, 0.25) is 0 Å². The Hall–Kier alpha value is -4.11. The van der Waals surface area contributed by atoms with Crippen molar-refractivity contribution in [3.8, 4) is 28.6 Å². The molecule has 8 nitrogen and oxygen atoms in total. The molecule has 35 heavy (non-hydrogen) atoms. The number of nitrogens with zero attached hydrogens (tertiary/aromatic N) is 4. The van der Waals surface area contributed by atoms with Crippen molar-refractivity contribution in [2.24, 2.45) is 5.10 Å². The number of hydrogen-bond acceptors (Lipinski definition) is 7. The number of thioether (sulfide) groups is 1. The van der Waals surface area contributed by atoms with Gasteiger partial charge in [0.15, 0.2) is 22.5 Å². The van der Waals surface area contributed by atoms with Gasteiger partial charge in [-0.1, -0.05) is 60.3 Å². The van der Waals surface area contributed by atoms with Crippen LogP contribution in [0, 0.1) is 0 Å². The molecule has 178 valence electrons. The van der Waals surface area contributed by atoms with E-state index in [-0.39, 0.29) is 11.7 Å². The molecule has 4 rings (SSSR count). The molecular formula is C26H25N5O3S. The molecule has 3 aromatic carbocycles. The molecular weight excluding hydrogens is 462 g/mol. The van der Waals surface area contributed by atoms with Crippen molar-refractivity contribution in [1.82, 2.24) is 20.2 Å². The highest BCUT2D eigenvalue weighted by Crippen LogP contribution is 2.34. The normalized spacial score (nSPS) is 11.2. The molecule has 1 amide bonds. The third kappa shape index (κ3) is 5.70. The summed E-state index contributed by atoms with van der Waals surface area (Å²) in [5.41, 5.74) is 5.98. The minimum Gasteiger partial charge on any atom is -0.493 e. The average molecular weight is 488 g/mol. The topological polar surface area (TPSA) is 90.6 Å². The molecule has 0 atom stereocenters. The van der Waals surface area contributed by atoms with Gasteiger partial charge in [-0.05, 0) is 42.8 Å². The summed E-state index contributed by atoms with van der Waals surface area (Å²) in [6.07, 6.45) is 0. The van der Waals surface area contributed by atoms with E-state index in [0.29, 0.717) is 22.5 Å². The Morgan fingerprint density at radius 3 is 2.31 bits per heavy atom. The summed E-state index contributed by atoms with van der Waals surface area (Å²) in [6.45, 7) is 1.85. The van der Waals surface area contributed by atoms with Crippen molar-refractivity contribution in [2.75, 3.05) is 20.0 Å². The van der Waals surface area contributed by atoms with Gasteiger partial charge in [0, 0.05) is 11.3 Å². The molecule has 4 aromatic rings. The summed E-state index contributed by atoms with van der Waals surface area (Å²) in [4.78, 5) is 12.5. The van der Waals surface area contributed by atoms with Crippen molar-refractivity contribution in [3.63, 3.8) is 0 Å². The van der Waals surface area contributed by atoms with Gasteiger partial charge in [0.2, 0.25) is 0 Å². The number of amides is 1. The van der Waals surface area contributed by atoms with E-state index >= 15 is 0 Å². The molecule has 0 bridgehead atoms. The maximum absolute atomic E-state index is 12.5. The number of hydrogen-bond donors (Lipinski definition) is 1. The van der Waals surface area contributed by atoms with Gasteiger partial charge in [-0.2, -0.15) is 5.10 Å². The Morgan fingerprint density at radius 1 is 0.943 bits per heavy atom. The van der Waals surface area contributed by atoms with Gasteiger partial charge < -0.3 is 9.47 Å². The number of carbonyl (C=O) groups is 1. The van der Waals surface area contributed by atoms with Crippen LogP contribution < -0.4 is 14.9 Å². The van der Waals surface area contributed by atoms with Crippen LogP contribution in [-0.2, 0) is 4.79 Å². The maximum Gasteiger partial charge on any atom is 0.250 e. The highest BCUT2D eigenvalue weighted by molar-refractivity contribution is 7.99. The molecule has 0 aliphatic heterocycles. The Kier molecular flexibility index (Phi) is 7.79. The molecule has 1 aromatic heterocycles. The first-order valence-electron chi connectivity index (χ1n) is 10.8. The standard InChI is InChI=1S/C26H25N5O3S/c1-18(19-10-6-4-7-11-19)27-28-24(32)17-35-26-30-29-25(31(26)21-12-8-5-9-13-21)20-14-15-22(33-2)23(16-20)34-3/h4-16H,17H2,1-3H3,(H,28,32). The second-order valence-corrected chi connectivity index (χ2v) is 8.38. The molecule has 1 heterocycles. The summed E-state index contributed by atoms with van der Waals surface area (Å²) in [6, 6.07) is 25.0. The van der Waals surface area contributed by atoms with E-state index in [4.69, 9.17) is 9.47 Å². The van der Waals surface area contributed by atoms with E-state index in [2.05, 4.69) is 20.7 Å². The number of hydrazone groups is 1. The minimum atomic E-state index is -0.236. The van der Waals surface area contributed by atoms with Gasteiger partial charge in [-0.25, -0.2) is 5.43 Å². The fraction of sp³-hybridized carbons (Fsp3) is 0.154. The van der Waals surface area contributed by atoms with Crippen LogP contribution in [0.5, 0.6) is 11.5 Å². The third-order valence-corrected chi connectivity index (χ3v) is 6.09. The van der Waals surface area contributed by atoms with E-state index in [0.717, 1.165) is 22.5 Å². The van der Waals surface area contributed by atoms with Crippen molar-refractivity contribution < 1.29 is 14.3 Å². The lowest BCUT2D eigenvalue weighted by Gasteiger charge is -2.12. The number of benzene rings is 3. The predicted molar refractivity (Wildman–Crippen MR) is 137 cm³/mol. The summed E-state index contributed by atoms with van der Waals surface area (Å²) in [7, 11) is 3.18. The van der Waals surface area contributed by atoms with E-state index in [1.807, 2.05) is 90.4 Å². The Balaban J connectivity index is 1.57. The molecule has 0 unspecified atom stereocenters. The Labute approximate surface area is 208 Å². The van der Waals surface area contributed by atoms with E-state index in [9.17, 15) is 4.79 Å². The van der Waals surface area contributed by atoms with Crippen molar-refractivity contribution >= 4 is 23.4 Å². The Bertz CT molecular complexity index is 1320. The van der Waals surface area contributed by atoms with Crippen LogP contribution in [0.4, 0.5) is 0 Å². The van der Waals surface area contributed by atoms with Gasteiger partial charge in [0.1, 0.15) is 0 Å². The first kappa shape index (κ1) is 24.0. The van der Waals surface area contributed by atoms with Gasteiger partial charge in [-0.15, -0.1) is 10.2 Å². The van der Waals surface area contributed by atoms with Crippen molar-refractivity contribution in [3.05, 3.63) is 84.4 Å². The summed E-state index contributed by atoms with van der Waals surface area (Å²) in [5.74, 6) is 1.73. The maximum atomic E-state index is 12.5. The molecule has 9 heteroatoms. The van der Waals surface area contributed by atoms with Gasteiger partial charge >= 0.3 is 0 Å². The smallest absolute Gasteiger partial charge is 0.250 e. The van der Waals surface area contributed by atoms with Crippen molar-refractivity contribution in [2.45, 2.75) is 12.1 Å². The SMILES string of the molecule is COc1ccc(-c2nnc(SCC(=O)NN=C(C)c3ccccc3)n2-c2ccccc2)cc1OC. The average Bonchev–Trinajstić information content (AvgIpc) is 3.35. The second-order valence-electron chi connectivity index (χ2n) is 7.43. The zero-order valence-electron chi connectivity index (χ0n) is 19.6. The number of ether oxygens (including phenoxy) is 2. The molecule has 0 spiro atoms. The van der Waals surface area contributed by atoms with E-state index < -0.39 is 0 Å². The quantitative estimate of drug-likeness (QED) is 0.211. The molecule has 1 N–H and O–H groups in total. The van der Waals surface area contributed by atoms with Gasteiger partial charge in [0.25, 0.3) is 5.91 Å². The van der Waals surface area contributed by atoms with E-state index in [1.165, 1.54) is 11.8 Å². The fourth-order valence-corrected chi connectivity index (χ4v) is 4.13. The number of nitrogens with one attached hydrogen (secondary N) is 1. The summed E-state index contributed by atoms with van der Waals surface area (Å²) in [5, 5.41) is 13.6. The molecule has 0 aliphatic rings. The molecule has 0 saturated carbocycles. The van der Waals surface area contributed by atoms with Gasteiger partial charge in [-0.3, -0.25) is 9.36 Å². The predicted octanol–water partition coefficient (Wildman–Crippen LogP) is 4.58. The molecule has 0 aliphatic carbocycles. The molecule has 0 fully saturated rings. The highest BCUT2D eigenvalue weighted by Gasteiger charge is 2.18. The van der Waals surface area contributed by atoms with Crippen LogP contribution in [0.1, 0.15) is 12.5 Å². The van der Waals surface area contributed by atoms with Crippen molar-refractivity contribution in [1.29, 1.82) is 0 Å². The number of para-hydroxylation sites is 1. The van der Waals surface area contributed by atoms with Crippen LogP contribution in [0.3, 0.4) is 0 Å². The third-order valence-electron chi connectivity index (χ3n) is 5.16. The lowest BCUT2D eigenvalue weighted by Crippen LogP contribution is -2.21. The Morgan fingerprint density at radius 2 is 1.63 bits per heavy atom. The first-order chi connectivity index (χ1) is 17.1. The lowest BCUT2D eigenvalue weighted by atomic mass is 10.1. The highest BCUT2D eigenvalue weighted by atomic mass is 32.2. The molecule has 0 saturated heterocycles. The zero-order chi connectivity index (χ0) is 24.6. The number of carbonyl (C=O) groups excluding carboxylic acids is 1. The van der Waals surface area contributed by atoms with Crippen LogP contribution in [-0.4, -0.2) is 46.4 Å². The summed E-state index contributed by atoms with van der Waals surface area (Å²) < 4.78 is 12.7. The second kappa shape index (κ2) is 11.3. The number of aromatic nitrogens is 3. The van der Waals surface area contributed by atoms with Crippen LogP contribution in [0.15, 0.2) is 89.1 Å². The van der Waals surface area contributed by atoms with Crippen LogP contribution in [0.25, 0.3) is 17.1 Å². The van der Waals surface area contributed by atoms with Gasteiger partial charge in [0.05, 0.1) is 25.7 Å². The number of methoxy groups -OCH3 is 2. The lowest BCUT2D eigenvalue weighted by molar-refractivity contribution is -0.118. The monoisotopic (exact) mass is 487 g/mol. The zero-order valence-corrected chi connectivity index (χ0v) is 20.5. The molecule has 0 radical (unpaired) electrons. The van der Waals surface area contributed by atoms with E-state index in [1.54, 1.807) is 14.2 Å². The first-order valence-corrected chi connectivity index (χ1v) is 11.8. The largest absolute Gasteiger partial charge is 0.493 e. The van der Waals surface area contributed by atoms with Crippen LogP contribution >= 0.6 is 11.8 Å².